The standard InChI is InChI=1S/C22H25ClF2N4O2/c1-22(24,25)17-11-16(4-5-19(17)28(2)3)27-21(31)29-8-6-15(7-9-29)20-18(23)10-14(13-30)12-26-20/h4-6,10-12,30H,7-9,13H2,1-3H3,(H,27,31). The van der Waals surface area contributed by atoms with E-state index in [1.165, 1.54) is 6.07 Å². The van der Waals surface area contributed by atoms with Crippen LogP contribution in [-0.4, -0.2) is 48.2 Å². The molecule has 166 valence electrons. The molecule has 1 aliphatic heterocycles. The molecule has 0 fully saturated rings. The van der Waals surface area contributed by atoms with E-state index in [2.05, 4.69) is 10.3 Å². The van der Waals surface area contributed by atoms with Gasteiger partial charge in [-0.1, -0.05) is 17.7 Å². The van der Waals surface area contributed by atoms with E-state index in [1.807, 2.05) is 6.08 Å². The molecular formula is C22H25ClF2N4O2. The summed E-state index contributed by atoms with van der Waals surface area (Å²) in [6.07, 6.45) is 3.99. The lowest BCUT2D eigenvalue weighted by Gasteiger charge is -2.27. The van der Waals surface area contributed by atoms with E-state index in [-0.39, 0.29) is 18.2 Å². The molecule has 0 spiro atoms. The largest absolute Gasteiger partial charge is 0.392 e. The Morgan fingerprint density at radius 1 is 1.35 bits per heavy atom. The Morgan fingerprint density at radius 3 is 2.65 bits per heavy atom. The fourth-order valence-electron chi connectivity index (χ4n) is 3.43. The Labute approximate surface area is 185 Å². The van der Waals surface area contributed by atoms with Gasteiger partial charge in [-0.05, 0) is 41.8 Å². The minimum Gasteiger partial charge on any atom is -0.392 e. The number of aliphatic hydroxyl groups excluding tert-OH is 1. The van der Waals surface area contributed by atoms with Crippen LogP contribution >= 0.6 is 11.6 Å². The van der Waals surface area contributed by atoms with Crippen molar-refractivity contribution in [2.75, 3.05) is 37.4 Å². The second-order valence-corrected chi connectivity index (χ2v) is 8.11. The number of aliphatic hydroxyl groups is 1. The fourth-order valence-corrected chi connectivity index (χ4v) is 3.74. The van der Waals surface area contributed by atoms with Gasteiger partial charge in [-0.2, -0.15) is 0 Å². The first-order chi connectivity index (χ1) is 14.6. The number of pyridine rings is 1. The zero-order valence-corrected chi connectivity index (χ0v) is 18.4. The van der Waals surface area contributed by atoms with E-state index in [1.54, 1.807) is 48.3 Å². The molecule has 0 aliphatic carbocycles. The van der Waals surface area contributed by atoms with E-state index >= 15 is 0 Å². The molecular weight excluding hydrogens is 426 g/mol. The maximum absolute atomic E-state index is 14.0. The van der Waals surface area contributed by atoms with E-state index in [4.69, 9.17) is 11.6 Å². The van der Waals surface area contributed by atoms with E-state index in [0.717, 1.165) is 12.5 Å². The molecule has 0 unspecified atom stereocenters. The van der Waals surface area contributed by atoms with Crippen LogP contribution in [0.1, 0.15) is 30.2 Å². The van der Waals surface area contributed by atoms with Gasteiger partial charge in [0.25, 0.3) is 5.92 Å². The lowest BCUT2D eigenvalue weighted by Crippen LogP contribution is -2.38. The van der Waals surface area contributed by atoms with Crippen LogP contribution in [0.3, 0.4) is 0 Å². The molecule has 9 heteroatoms. The summed E-state index contributed by atoms with van der Waals surface area (Å²) < 4.78 is 28.1. The number of carbonyl (C=O) groups excluding carboxylic acids is 1. The van der Waals surface area contributed by atoms with Crippen molar-refractivity contribution in [2.45, 2.75) is 25.9 Å². The molecule has 0 saturated carbocycles. The van der Waals surface area contributed by atoms with Gasteiger partial charge in [0.15, 0.2) is 0 Å². The van der Waals surface area contributed by atoms with E-state index in [0.29, 0.717) is 47.2 Å². The third-order valence-corrected chi connectivity index (χ3v) is 5.37. The van der Waals surface area contributed by atoms with Crippen LogP contribution in [0.15, 0.2) is 36.5 Å². The summed E-state index contributed by atoms with van der Waals surface area (Å²) in [5.41, 5.74) is 2.74. The molecule has 1 aromatic carbocycles. The highest BCUT2D eigenvalue weighted by atomic mass is 35.5. The molecule has 1 aliphatic rings. The smallest absolute Gasteiger partial charge is 0.322 e. The van der Waals surface area contributed by atoms with Gasteiger partial charge in [0, 0.05) is 57.2 Å². The van der Waals surface area contributed by atoms with Crippen LogP contribution in [-0.2, 0) is 12.5 Å². The van der Waals surface area contributed by atoms with Crippen molar-refractivity contribution in [3.63, 3.8) is 0 Å². The summed E-state index contributed by atoms with van der Waals surface area (Å²) in [6, 6.07) is 5.79. The first kappa shape index (κ1) is 23.0. The van der Waals surface area contributed by atoms with Crippen LogP contribution < -0.4 is 10.2 Å². The SMILES string of the molecule is CN(C)c1ccc(NC(=O)N2CC=C(c3ncc(CO)cc3Cl)CC2)cc1C(C)(F)F. The zero-order valence-electron chi connectivity index (χ0n) is 17.6. The molecule has 1 aromatic heterocycles. The van der Waals surface area contributed by atoms with Gasteiger partial charge in [0.1, 0.15) is 0 Å². The van der Waals surface area contributed by atoms with Gasteiger partial charge in [0.05, 0.1) is 17.3 Å². The lowest BCUT2D eigenvalue weighted by molar-refractivity contribution is 0.0181. The Bertz CT molecular complexity index is 1010. The highest BCUT2D eigenvalue weighted by Gasteiger charge is 2.29. The molecule has 0 atom stereocenters. The molecule has 31 heavy (non-hydrogen) atoms. The highest BCUT2D eigenvalue weighted by molar-refractivity contribution is 6.32. The zero-order chi connectivity index (χ0) is 22.8. The third kappa shape index (κ3) is 5.32. The van der Waals surface area contributed by atoms with Crippen molar-refractivity contribution in [1.82, 2.24) is 9.88 Å². The van der Waals surface area contributed by atoms with Crippen molar-refractivity contribution in [1.29, 1.82) is 0 Å². The number of anilines is 2. The van der Waals surface area contributed by atoms with Crippen molar-refractivity contribution < 1.29 is 18.7 Å². The minimum atomic E-state index is -3.04. The molecule has 0 saturated heterocycles. The number of amides is 2. The molecule has 0 bridgehead atoms. The Hall–Kier alpha value is -2.71. The van der Waals surface area contributed by atoms with Crippen LogP contribution in [0, 0.1) is 0 Å². The van der Waals surface area contributed by atoms with Crippen LogP contribution in [0.4, 0.5) is 25.0 Å². The quantitative estimate of drug-likeness (QED) is 0.691. The molecule has 0 radical (unpaired) electrons. The van der Waals surface area contributed by atoms with Crippen molar-refractivity contribution in [2.24, 2.45) is 0 Å². The van der Waals surface area contributed by atoms with Crippen LogP contribution in [0.25, 0.3) is 5.57 Å². The van der Waals surface area contributed by atoms with Gasteiger partial charge in [0.2, 0.25) is 0 Å². The summed E-state index contributed by atoms with van der Waals surface area (Å²) in [6.45, 7) is 1.48. The number of hydrogen-bond donors (Lipinski definition) is 2. The summed E-state index contributed by atoms with van der Waals surface area (Å²) in [5, 5.41) is 12.3. The van der Waals surface area contributed by atoms with Gasteiger partial charge in [-0.3, -0.25) is 4.98 Å². The molecule has 2 aromatic rings. The first-order valence-electron chi connectivity index (χ1n) is 9.80. The van der Waals surface area contributed by atoms with Gasteiger partial charge < -0.3 is 20.2 Å². The summed E-state index contributed by atoms with van der Waals surface area (Å²) in [7, 11) is 3.39. The number of carbonyl (C=O) groups is 1. The van der Waals surface area contributed by atoms with Gasteiger partial charge >= 0.3 is 6.03 Å². The third-order valence-electron chi connectivity index (χ3n) is 5.08. The number of benzene rings is 1. The average Bonchev–Trinajstić information content (AvgIpc) is 2.73. The van der Waals surface area contributed by atoms with Crippen molar-refractivity contribution in [3.05, 3.63) is 58.4 Å². The summed E-state index contributed by atoms with van der Waals surface area (Å²) in [5.74, 6) is -3.04. The minimum absolute atomic E-state index is 0.138. The predicted octanol–water partition coefficient (Wildman–Crippen LogP) is 4.73. The van der Waals surface area contributed by atoms with Crippen LogP contribution in [0.5, 0.6) is 0 Å². The molecule has 6 nitrogen and oxygen atoms in total. The Balaban J connectivity index is 1.72. The van der Waals surface area contributed by atoms with Crippen molar-refractivity contribution >= 4 is 34.6 Å². The van der Waals surface area contributed by atoms with Crippen molar-refractivity contribution in [3.8, 4) is 0 Å². The number of urea groups is 1. The molecule has 3 rings (SSSR count). The van der Waals surface area contributed by atoms with Crippen LogP contribution in [0.2, 0.25) is 5.02 Å². The second-order valence-electron chi connectivity index (χ2n) is 7.70. The summed E-state index contributed by atoms with van der Waals surface area (Å²) >= 11 is 6.26. The second kappa shape index (κ2) is 9.20. The predicted molar refractivity (Wildman–Crippen MR) is 119 cm³/mol. The topological polar surface area (TPSA) is 68.7 Å². The normalized spacial score (nSPS) is 14.3. The first-order valence-corrected chi connectivity index (χ1v) is 10.2. The number of nitrogens with one attached hydrogen (secondary N) is 1. The Kier molecular flexibility index (Phi) is 6.81. The maximum atomic E-state index is 14.0. The number of alkyl halides is 2. The molecule has 2 amide bonds. The maximum Gasteiger partial charge on any atom is 0.322 e. The Morgan fingerprint density at radius 2 is 2.10 bits per heavy atom. The number of hydrogen-bond acceptors (Lipinski definition) is 4. The van der Waals surface area contributed by atoms with E-state index < -0.39 is 5.92 Å². The highest BCUT2D eigenvalue weighted by Crippen LogP contribution is 2.36. The molecule has 2 N–H and O–H groups in total. The lowest BCUT2D eigenvalue weighted by atomic mass is 10.0. The number of halogens is 3. The average molecular weight is 451 g/mol. The summed E-state index contributed by atoms with van der Waals surface area (Å²) in [4.78, 5) is 20.2. The van der Waals surface area contributed by atoms with E-state index in [9.17, 15) is 18.7 Å². The molecule has 2 heterocycles. The number of nitrogens with zero attached hydrogens (tertiary/aromatic N) is 3. The fraction of sp³-hybridized carbons (Fsp3) is 0.364. The number of rotatable bonds is 5. The monoisotopic (exact) mass is 450 g/mol. The number of aromatic nitrogens is 1. The van der Waals surface area contributed by atoms with Gasteiger partial charge in [-0.15, -0.1) is 0 Å². The van der Waals surface area contributed by atoms with Gasteiger partial charge in [-0.25, -0.2) is 13.6 Å².